The van der Waals surface area contributed by atoms with Crippen molar-refractivity contribution in [2.75, 3.05) is 27.7 Å². The summed E-state index contributed by atoms with van der Waals surface area (Å²) in [5, 5.41) is 45.3. The number of phenols is 1. The molecule has 0 spiro atoms. The van der Waals surface area contributed by atoms with Gasteiger partial charge in [-0.25, -0.2) is 0 Å². The molecule has 0 unspecified atom stereocenters. The number of benzene rings is 2. The minimum atomic E-state index is -2.68. The first-order valence-corrected chi connectivity index (χ1v) is 14.2. The summed E-state index contributed by atoms with van der Waals surface area (Å²) < 4.78 is 5.83. The van der Waals surface area contributed by atoms with Gasteiger partial charge in [0.15, 0.2) is 11.4 Å². The van der Waals surface area contributed by atoms with Gasteiger partial charge in [0.05, 0.1) is 18.7 Å². The predicted octanol–water partition coefficient (Wildman–Crippen LogP) is 2.15. The molecule has 3 aliphatic carbocycles. The van der Waals surface area contributed by atoms with E-state index in [4.69, 9.17) is 10.5 Å². The molecule has 43 heavy (non-hydrogen) atoms. The van der Waals surface area contributed by atoms with E-state index in [1.54, 1.807) is 14.1 Å². The number of methoxy groups -OCH3 is 1. The molecule has 3 aliphatic rings. The molecular formula is C32H37N3O8. The molecule has 5 rings (SSSR count). The van der Waals surface area contributed by atoms with Gasteiger partial charge in [0, 0.05) is 35.7 Å². The summed E-state index contributed by atoms with van der Waals surface area (Å²) in [5.41, 5.74) is 3.86. The average Bonchev–Trinajstić information content (AvgIpc) is 2.94. The molecule has 0 heterocycles. The lowest BCUT2D eigenvalue weighted by atomic mass is 9.58. The van der Waals surface area contributed by atoms with E-state index < -0.39 is 58.0 Å². The summed E-state index contributed by atoms with van der Waals surface area (Å²) in [4.78, 5) is 43.3. The Kier molecular flexibility index (Phi) is 7.84. The lowest BCUT2D eigenvalue weighted by Crippen LogP contribution is -2.63. The van der Waals surface area contributed by atoms with Crippen molar-refractivity contribution < 1.29 is 39.5 Å². The van der Waals surface area contributed by atoms with Gasteiger partial charge in [-0.2, -0.15) is 0 Å². The summed E-state index contributed by atoms with van der Waals surface area (Å²) in [6, 6.07) is 10.4. The zero-order valence-electron chi connectivity index (χ0n) is 24.6. The van der Waals surface area contributed by atoms with Crippen LogP contribution in [0.3, 0.4) is 0 Å². The van der Waals surface area contributed by atoms with Crippen LogP contribution < -0.4 is 10.5 Å². The lowest BCUT2D eigenvalue weighted by molar-refractivity contribution is -0.148. The van der Waals surface area contributed by atoms with Gasteiger partial charge in [-0.1, -0.05) is 37.3 Å². The van der Waals surface area contributed by atoms with Crippen LogP contribution >= 0.6 is 0 Å². The number of aliphatic hydroxyl groups is 3. The molecule has 0 aromatic heterocycles. The fourth-order valence-corrected chi connectivity index (χ4v) is 7.10. The summed E-state index contributed by atoms with van der Waals surface area (Å²) in [5.74, 6) is -6.41. The Morgan fingerprint density at radius 2 is 1.79 bits per heavy atom. The van der Waals surface area contributed by atoms with Crippen molar-refractivity contribution in [3.63, 3.8) is 0 Å². The van der Waals surface area contributed by atoms with E-state index in [9.17, 15) is 34.8 Å². The van der Waals surface area contributed by atoms with E-state index in [0.717, 1.165) is 5.56 Å². The molecule has 4 atom stereocenters. The third kappa shape index (κ3) is 4.68. The number of ether oxygens (including phenoxy) is 1. The van der Waals surface area contributed by atoms with E-state index in [-0.39, 0.29) is 29.7 Å². The second-order valence-corrected chi connectivity index (χ2v) is 11.7. The van der Waals surface area contributed by atoms with Crippen molar-refractivity contribution in [1.29, 1.82) is 0 Å². The van der Waals surface area contributed by atoms with Crippen molar-refractivity contribution in [1.82, 2.24) is 9.80 Å². The first-order valence-electron chi connectivity index (χ1n) is 14.2. The normalized spacial score (nSPS) is 25.1. The number of likely N-dealkylation sites (N-methyl/N-ethyl adjacent to an activating group) is 1. The van der Waals surface area contributed by atoms with Gasteiger partial charge in [0.2, 0.25) is 5.78 Å². The van der Waals surface area contributed by atoms with Gasteiger partial charge in [-0.15, -0.1) is 0 Å². The lowest BCUT2D eigenvalue weighted by Gasteiger charge is -2.50. The zero-order chi connectivity index (χ0) is 31.4. The number of nitrogens with two attached hydrogens (primary N) is 1. The number of aromatic hydroxyl groups is 1. The molecule has 0 saturated heterocycles. The van der Waals surface area contributed by atoms with Crippen molar-refractivity contribution in [3.8, 4) is 11.5 Å². The van der Waals surface area contributed by atoms with Gasteiger partial charge in [0.25, 0.3) is 5.91 Å². The fourth-order valence-electron chi connectivity index (χ4n) is 7.10. The minimum Gasteiger partial charge on any atom is -0.510 e. The van der Waals surface area contributed by atoms with Crippen LogP contribution in [-0.4, -0.2) is 87.1 Å². The Balaban J connectivity index is 1.60. The highest BCUT2D eigenvalue weighted by atomic mass is 16.5. The number of hydrogen-bond donors (Lipinski definition) is 5. The third-order valence-corrected chi connectivity index (χ3v) is 9.04. The molecular weight excluding hydrogens is 554 g/mol. The molecule has 0 aliphatic heterocycles. The number of nitrogens with zero attached hydrogens (tertiary/aromatic N) is 2. The first-order chi connectivity index (χ1) is 20.4. The highest BCUT2D eigenvalue weighted by Crippen LogP contribution is 2.53. The molecule has 228 valence electrons. The maximum absolute atomic E-state index is 14.0. The van der Waals surface area contributed by atoms with Crippen molar-refractivity contribution >= 4 is 17.5 Å². The highest BCUT2D eigenvalue weighted by molar-refractivity contribution is 6.24. The van der Waals surface area contributed by atoms with Crippen LogP contribution in [0.1, 0.15) is 40.4 Å². The van der Waals surface area contributed by atoms with Gasteiger partial charge in [0.1, 0.15) is 28.6 Å². The molecule has 0 fully saturated rings. The SMILES string of the molecule is CCN(Cc1ccccc1)Cc1cc(O)c2c(c1OC)C[C@H]1C[C@H]3[C@H](N(C)C)C(O)=C(C(N)=O)C(=O)[C@@]3(O)C(O)=C1C2=O. The number of aliphatic hydroxyl groups excluding tert-OH is 2. The summed E-state index contributed by atoms with van der Waals surface area (Å²) in [6.45, 7) is 3.82. The number of rotatable bonds is 8. The average molecular weight is 592 g/mol. The molecule has 11 heteroatoms. The molecule has 6 N–H and O–H groups in total. The first kappa shape index (κ1) is 30.3. The maximum Gasteiger partial charge on any atom is 0.255 e. The fraction of sp³-hybridized carbons (Fsp3) is 0.406. The Bertz CT molecular complexity index is 1560. The number of Topliss-reactive ketones (excluding diaryl/α,β-unsaturated/α-hetero) is 2. The standard InChI is InChI=1S/C32H37N3O8/c1-5-35(14-16-9-7-6-8-10-16)15-18-13-21(36)23-19(28(18)43-4)11-17-12-20-25(34(2)3)27(38)24(31(33)41)30(40)32(20,42)29(39)22(17)26(23)37/h6-10,13,17,20,25,36,38-39,42H,5,11-12,14-15H2,1-4H3,(H2,33,41)/t17-,20-,25-,32-/m0/s1. The Morgan fingerprint density at radius 1 is 1.12 bits per heavy atom. The van der Waals surface area contributed by atoms with E-state index in [0.29, 0.717) is 36.5 Å². The second kappa shape index (κ2) is 11.1. The summed E-state index contributed by atoms with van der Waals surface area (Å²) in [6.07, 6.45) is 0.166. The number of allylic oxidation sites excluding steroid dienone is 1. The van der Waals surface area contributed by atoms with E-state index >= 15 is 0 Å². The Labute approximate surface area is 249 Å². The monoisotopic (exact) mass is 591 g/mol. The van der Waals surface area contributed by atoms with Crippen LogP contribution in [0.5, 0.6) is 11.5 Å². The molecule has 2 aromatic carbocycles. The van der Waals surface area contributed by atoms with Crippen LogP contribution in [0.4, 0.5) is 0 Å². The number of primary amides is 1. The van der Waals surface area contributed by atoms with Crippen LogP contribution in [0.15, 0.2) is 59.1 Å². The second-order valence-electron chi connectivity index (χ2n) is 11.7. The topological polar surface area (TPSA) is 174 Å². The number of carbonyl (C=O) groups is 3. The number of ketones is 2. The van der Waals surface area contributed by atoms with Gasteiger partial charge in [-0.05, 0) is 51.0 Å². The van der Waals surface area contributed by atoms with Crippen LogP contribution in [0.2, 0.25) is 0 Å². The minimum absolute atomic E-state index is 0.00893. The molecule has 0 bridgehead atoms. The highest BCUT2D eigenvalue weighted by Gasteiger charge is 2.63. The van der Waals surface area contributed by atoms with Crippen molar-refractivity contribution in [2.45, 2.75) is 44.5 Å². The van der Waals surface area contributed by atoms with Gasteiger partial charge in [-0.3, -0.25) is 24.2 Å². The maximum atomic E-state index is 14.0. The van der Waals surface area contributed by atoms with Crippen LogP contribution in [-0.2, 0) is 29.1 Å². The van der Waals surface area contributed by atoms with Gasteiger partial charge < -0.3 is 30.9 Å². The summed E-state index contributed by atoms with van der Waals surface area (Å²) in [7, 11) is 4.68. The smallest absolute Gasteiger partial charge is 0.255 e. The van der Waals surface area contributed by atoms with Crippen molar-refractivity contribution in [2.24, 2.45) is 17.6 Å². The molecule has 11 nitrogen and oxygen atoms in total. The Hall–Kier alpha value is -4.19. The molecule has 0 radical (unpaired) electrons. The molecule has 2 aromatic rings. The van der Waals surface area contributed by atoms with Crippen LogP contribution in [0, 0.1) is 11.8 Å². The van der Waals surface area contributed by atoms with E-state index in [1.165, 1.54) is 18.1 Å². The number of carbonyl (C=O) groups excluding carboxylic acids is 3. The van der Waals surface area contributed by atoms with Gasteiger partial charge >= 0.3 is 0 Å². The molecule has 1 amide bonds. The van der Waals surface area contributed by atoms with E-state index in [1.807, 2.05) is 37.3 Å². The number of phenolic OH excluding ortho intramolecular Hbond substituents is 1. The zero-order valence-corrected chi connectivity index (χ0v) is 24.6. The number of fused-ring (bicyclic) bond motifs is 3. The largest absolute Gasteiger partial charge is 0.510 e. The quantitative estimate of drug-likeness (QED) is 0.286. The predicted molar refractivity (Wildman–Crippen MR) is 156 cm³/mol. The molecule has 0 saturated carbocycles. The van der Waals surface area contributed by atoms with E-state index in [2.05, 4.69) is 4.90 Å². The Morgan fingerprint density at radius 3 is 2.37 bits per heavy atom. The third-order valence-electron chi connectivity index (χ3n) is 9.04. The summed E-state index contributed by atoms with van der Waals surface area (Å²) >= 11 is 0. The van der Waals surface area contributed by atoms with Crippen LogP contribution in [0.25, 0.3) is 0 Å². The number of amides is 1. The van der Waals surface area contributed by atoms with Crippen molar-refractivity contribution in [3.05, 3.63) is 81.3 Å². The number of hydrogen-bond acceptors (Lipinski definition) is 10.